The van der Waals surface area contributed by atoms with E-state index in [1.807, 2.05) is 12.3 Å². The molecule has 1 fully saturated rings. The highest BCUT2D eigenvalue weighted by molar-refractivity contribution is 5.70. The van der Waals surface area contributed by atoms with E-state index in [1.165, 1.54) is 16.7 Å². The molecule has 1 aromatic carbocycles. The maximum absolute atomic E-state index is 11.6. The van der Waals surface area contributed by atoms with Gasteiger partial charge in [0, 0.05) is 12.1 Å². The molecule has 0 N–H and O–H groups in total. The molecule has 2 aliphatic rings. The quantitative estimate of drug-likeness (QED) is 0.763. The molecule has 1 aliphatic heterocycles. The van der Waals surface area contributed by atoms with Crippen molar-refractivity contribution >= 4 is 6.09 Å². The Balaban J connectivity index is 1.94. The van der Waals surface area contributed by atoms with Crippen LogP contribution in [0.5, 0.6) is 0 Å². The van der Waals surface area contributed by atoms with Crippen LogP contribution in [0.4, 0.5) is 4.79 Å². The molecule has 0 aromatic heterocycles. The fraction of sp³-hybridized carbons (Fsp3) is 0.353. The molecular formula is C17H19NO2. The van der Waals surface area contributed by atoms with Crippen molar-refractivity contribution in [2.75, 3.05) is 13.2 Å². The predicted octanol–water partition coefficient (Wildman–Crippen LogP) is 3.85. The molecule has 1 atom stereocenters. The first kappa shape index (κ1) is 13.0. The van der Waals surface area contributed by atoms with Gasteiger partial charge in [0.15, 0.2) is 0 Å². The number of carbonyl (C=O) groups excluding carboxylic acids is 1. The van der Waals surface area contributed by atoms with Crippen LogP contribution in [0.2, 0.25) is 0 Å². The first-order valence-electron chi connectivity index (χ1n) is 7.11. The minimum absolute atomic E-state index is 0.225. The molecule has 0 bridgehead atoms. The summed E-state index contributed by atoms with van der Waals surface area (Å²) in [4.78, 5) is 13.3. The minimum Gasteiger partial charge on any atom is -0.447 e. The monoisotopic (exact) mass is 269 g/mol. The Kier molecular flexibility index (Phi) is 3.59. The smallest absolute Gasteiger partial charge is 0.413 e. The number of cyclic esters (lactones) is 1. The average Bonchev–Trinajstić information content (AvgIpc) is 2.85. The largest absolute Gasteiger partial charge is 0.447 e. The first-order valence-corrected chi connectivity index (χ1v) is 7.11. The first-order chi connectivity index (χ1) is 9.75. The van der Waals surface area contributed by atoms with Crippen LogP contribution in [0.15, 0.2) is 53.8 Å². The summed E-state index contributed by atoms with van der Waals surface area (Å²) in [6, 6.07) is 10.5. The number of allylic oxidation sites excluding steroid dienone is 3. The number of rotatable bonds is 2. The number of nitrogens with zero attached hydrogens (tertiary/aromatic N) is 1. The van der Waals surface area contributed by atoms with E-state index in [2.05, 4.69) is 37.3 Å². The van der Waals surface area contributed by atoms with Gasteiger partial charge in [0.25, 0.3) is 0 Å². The minimum atomic E-state index is -0.225. The third kappa shape index (κ3) is 2.48. The number of carbonyl (C=O) groups is 1. The van der Waals surface area contributed by atoms with Crippen LogP contribution >= 0.6 is 0 Å². The van der Waals surface area contributed by atoms with E-state index in [0.717, 1.165) is 12.8 Å². The number of amides is 1. The topological polar surface area (TPSA) is 29.5 Å². The lowest BCUT2D eigenvalue weighted by Crippen LogP contribution is -2.20. The molecule has 1 heterocycles. The van der Waals surface area contributed by atoms with Gasteiger partial charge in [0.05, 0.1) is 6.54 Å². The van der Waals surface area contributed by atoms with Gasteiger partial charge in [-0.05, 0) is 30.9 Å². The van der Waals surface area contributed by atoms with Crippen LogP contribution in [-0.4, -0.2) is 24.1 Å². The Morgan fingerprint density at radius 2 is 2.10 bits per heavy atom. The second kappa shape index (κ2) is 5.53. The lowest BCUT2D eigenvalue weighted by atomic mass is 9.79. The molecule has 3 heteroatoms. The zero-order valence-electron chi connectivity index (χ0n) is 11.7. The molecule has 20 heavy (non-hydrogen) atoms. The molecule has 1 saturated heterocycles. The number of benzene rings is 1. The lowest BCUT2D eigenvalue weighted by molar-refractivity contribution is 0.166. The lowest BCUT2D eigenvalue weighted by Gasteiger charge is -2.27. The highest BCUT2D eigenvalue weighted by Crippen LogP contribution is 2.38. The number of hydrogen-bond acceptors (Lipinski definition) is 2. The molecule has 0 radical (unpaired) electrons. The Morgan fingerprint density at radius 3 is 2.80 bits per heavy atom. The van der Waals surface area contributed by atoms with E-state index in [-0.39, 0.29) is 6.09 Å². The van der Waals surface area contributed by atoms with Crippen molar-refractivity contribution in [3.63, 3.8) is 0 Å². The SMILES string of the molecule is CC1=CCC/C(=C/N2CCOC2=O)[C@@H]1c1ccccc1. The van der Waals surface area contributed by atoms with Gasteiger partial charge in [-0.25, -0.2) is 4.79 Å². The highest BCUT2D eigenvalue weighted by atomic mass is 16.6. The molecular weight excluding hydrogens is 250 g/mol. The summed E-state index contributed by atoms with van der Waals surface area (Å²) in [5, 5.41) is 0. The Labute approximate surface area is 119 Å². The van der Waals surface area contributed by atoms with E-state index in [1.54, 1.807) is 4.90 Å². The van der Waals surface area contributed by atoms with Crippen LogP contribution in [0.3, 0.4) is 0 Å². The molecule has 0 unspecified atom stereocenters. The van der Waals surface area contributed by atoms with Crippen LogP contribution in [-0.2, 0) is 4.74 Å². The molecule has 0 spiro atoms. The standard InChI is InChI=1S/C17H19NO2/c1-13-6-5-9-15(12-18-10-11-20-17(18)19)16(13)14-7-3-2-4-8-14/h2-4,6-8,12,16H,5,9-11H2,1H3/b15-12-/t16-/m0/s1. The van der Waals surface area contributed by atoms with Crippen molar-refractivity contribution < 1.29 is 9.53 Å². The van der Waals surface area contributed by atoms with Crippen LogP contribution < -0.4 is 0 Å². The summed E-state index contributed by atoms with van der Waals surface area (Å²) in [7, 11) is 0. The summed E-state index contributed by atoms with van der Waals surface area (Å²) < 4.78 is 5.00. The van der Waals surface area contributed by atoms with Gasteiger partial charge < -0.3 is 4.74 Å². The van der Waals surface area contributed by atoms with Gasteiger partial charge in [-0.15, -0.1) is 0 Å². The molecule has 0 saturated carbocycles. The van der Waals surface area contributed by atoms with E-state index in [4.69, 9.17) is 4.74 Å². The van der Waals surface area contributed by atoms with Gasteiger partial charge in [0.2, 0.25) is 0 Å². The third-order valence-corrected chi connectivity index (χ3v) is 3.97. The fourth-order valence-electron chi connectivity index (χ4n) is 3.01. The van der Waals surface area contributed by atoms with Gasteiger partial charge in [0.1, 0.15) is 6.61 Å². The molecule has 1 aliphatic carbocycles. The van der Waals surface area contributed by atoms with Gasteiger partial charge in [-0.2, -0.15) is 0 Å². The zero-order chi connectivity index (χ0) is 13.9. The Bertz CT molecular complexity index is 560. The Morgan fingerprint density at radius 1 is 1.30 bits per heavy atom. The summed E-state index contributed by atoms with van der Waals surface area (Å²) in [6.07, 6.45) is 6.13. The highest BCUT2D eigenvalue weighted by Gasteiger charge is 2.25. The van der Waals surface area contributed by atoms with Crippen LogP contribution in [0.1, 0.15) is 31.2 Å². The van der Waals surface area contributed by atoms with Crippen LogP contribution in [0.25, 0.3) is 0 Å². The second-order valence-corrected chi connectivity index (χ2v) is 5.34. The fourth-order valence-corrected chi connectivity index (χ4v) is 3.01. The summed E-state index contributed by atoms with van der Waals surface area (Å²) in [6.45, 7) is 3.33. The van der Waals surface area contributed by atoms with Crippen molar-refractivity contribution in [1.82, 2.24) is 4.90 Å². The number of hydrogen-bond donors (Lipinski definition) is 0. The van der Waals surface area contributed by atoms with Crippen molar-refractivity contribution in [2.24, 2.45) is 0 Å². The second-order valence-electron chi connectivity index (χ2n) is 5.34. The van der Waals surface area contributed by atoms with Gasteiger partial charge in [-0.1, -0.05) is 42.0 Å². The van der Waals surface area contributed by atoms with E-state index >= 15 is 0 Å². The van der Waals surface area contributed by atoms with Crippen molar-refractivity contribution in [1.29, 1.82) is 0 Å². The van der Waals surface area contributed by atoms with Gasteiger partial charge in [-0.3, -0.25) is 4.90 Å². The van der Waals surface area contributed by atoms with Crippen molar-refractivity contribution in [3.05, 3.63) is 59.3 Å². The average molecular weight is 269 g/mol. The Hall–Kier alpha value is -2.03. The van der Waals surface area contributed by atoms with Crippen molar-refractivity contribution in [3.8, 4) is 0 Å². The summed E-state index contributed by atoms with van der Waals surface area (Å²) in [5.74, 6) is 0.290. The van der Waals surface area contributed by atoms with E-state index in [0.29, 0.717) is 19.1 Å². The maximum Gasteiger partial charge on any atom is 0.413 e. The molecule has 104 valence electrons. The third-order valence-electron chi connectivity index (χ3n) is 3.97. The molecule has 3 nitrogen and oxygen atoms in total. The summed E-state index contributed by atoms with van der Waals surface area (Å²) in [5.41, 5.74) is 3.95. The molecule has 3 rings (SSSR count). The van der Waals surface area contributed by atoms with Crippen LogP contribution in [0, 0.1) is 0 Å². The van der Waals surface area contributed by atoms with E-state index < -0.39 is 0 Å². The van der Waals surface area contributed by atoms with Gasteiger partial charge >= 0.3 is 6.09 Å². The van der Waals surface area contributed by atoms with E-state index in [9.17, 15) is 4.79 Å². The predicted molar refractivity (Wildman–Crippen MR) is 78.3 cm³/mol. The number of ether oxygens (including phenoxy) is 1. The normalized spacial score (nSPS) is 24.8. The molecule has 1 amide bonds. The summed E-state index contributed by atoms with van der Waals surface area (Å²) >= 11 is 0. The zero-order valence-corrected chi connectivity index (χ0v) is 11.7. The van der Waals surface area contributed by atoms with Crippen molar-refractivity contribution in [2.45, 2.75) is 25.7 Å². The maximum atomic E-state index is 11.6. The molecule has 1 aromatic rings.